The number of ether oxygens (including phenoxy) is 4. The van der Waals surface area contributed by atoms with Gasteiger partial charge >= 0.3 is 11.9 Å². The van der Waals surface area contributed by atoms with Gasteiger partial charge in [0.15, 0.2) is 11.5 Å². The van der Waals surface area contributed by atoms with E-state index in [1.807, 2.05) is 19.0 Å². The number of benzene rings is 1. The fraction of sp³-hybridized carbons (Fsp3) is 0.826. The highest BCUT2D eigenvalue weighted by Crippen LogP contribution is 2.39. The smallest absolute Gasteiger partial charge is 0.338 e. The second-order valence-electron chi connectivity index (χ2n) is 16.1. The van der Waals surface area contributed by atoms with Gasteiger partial charge in [0.1, 0.15) is 0 Å². The van der Waals surface area contributed by atoms with Crippen LogP contribution in [0.3, 0.4) is 0 Å². The lowest BCUT2D eigenvalue weighted by Crippen LogP contribution is -2.39. The highest BCUT2D eigenvalue weighted by Gasteiger charge is 2.22. The van der Waals surface area contributed by atoms with Crippen LogP contribution >= 0.6 is 0 Å². The van der Waals surface area contributed by atoms with Crippen LogP contribution in [0.5, 0.6) is 17.2 Å². The summed E-state index contributed by atoms with van der Waals surface area (Å²) in [5.74, 6) is -0.462. The lowest BCUT2D eigenvalue weighted by Gasteiger charge is -2.27. The van der Waals surface area contributed by atoms with Gasteiger partial charge in [-0.3, -0.25) is 9.69 Å². The van der Waals surface area contributed by atoms with Gasteiger partial charge in [-0.1, -0.05) is 142 Å². The highest BCUT2D eigenvalue weighted by molar-refractivity contribution is 5.91. The third-order valence-electron chi connectivity index (χ3n) is 10.5. The van der Waals surface area contributed by atoms with Gasteiger partial charge in [-0.05, 0) is 58.5 Å². The molecule has 10 heteroatoms. The van der Waals surface area contributed by atoms with E-state index in [4.69, 9.17) is 18.9 Å². The molecule has 0 fully saturated rings. The molecule has 1 aromatic carbocycles. The van der Waals surface area contributed by atoms with E-state index < -0.39 is 24.1 Å². The SMILES string of the molecule is CCCCCCCCCCCCC(O)CN(CCCC(=O)Oc1c(OC)cc(C(=O)OCCCN(C)C)cc1OC)CC(O)CCCCCCCCCCCC. The van der Waals surface area contributed by atoms with Crippen molar-refractivity contribution < 1.29 is 38.7 Å². The molecule has 0 saturated carbocycles. The predicted octanol–water partition coefficient (Wildman–Crippen LogP) is 10.1. The zero-order valence-corrected chi connectivity index (χ0v) is 36.8. The van der Waals surface area contributed by atoms with Crippen LogP contribution in [0.15, 0.2) is 12.1 Å². The fourth-order valence-electron chi connectivity index (χ4n) is 7.11. The van der Waals surface area contributed by atoms with Gasteiger partial charge in [-0.15, -0.1) is 0 Å². The number of aliphatic hydroxyl groups excluding tert-OH is 2. The Morgan fingerprint density at radius 1 is 0.607 bits per heavy atom. The van der Waals surface area contributed by atoms with E-state index in [0.29, 0.717) is 32.5 Å². The van der Waals surface area contributed by atoms with E-state index in [1.165, 1.54) is 129 Å². The monoisotopic (exact) mass is 793 g/mol. The Hall–Kier alpha value is -2.40. The topological polar surface area (TPSA) is 118 Å². The van der Waals surface area contributed by atoms with Crippen molar-refractivity contribution in [3.05, 3.63) is 17.7 Å². The summed E-state index contributed by atoms with van der Waals surface area (Å²) in [6, 6.07) is 2.99. The predicted molar refractivity (Wildman–Crippen MR) is 229 cm³/mol. The van der Waals surface area contributed by atoms with Crippen molar-refractivity contribution in [3.63, 3.8) is 0 Å². The molecule has 0 bridgehead atoms. The van der Waals surface area contributed by atoms with Crippen molar-refractivity contribution in [3.8, 4) is 17.2 Å². The highest BCUT2D eigenvalue weighted by atomic mass is 16.6. The number of carbonyl (C=O) groups is 2. The molecule has 0 heterocycles. The lowest BCUT2D eigenvalue weighted by molar-refractivity contribution is -0.134. The Morgan fingerprint density at radius 3 is 1.45 bits per heavy atom. The Kier molecular flexibility index (Phi) is 31.9. The summed E-state index contributed by atoms with van der Waals surface area (Å²) in [5.41, 5.74) is 0.242. The molecular weight excluding hydrogens is 709 g/mol. The Labute approximate surface area is 342 Å². The molecule has 10 nitrogen and oxygen atoms in total. The van der Waals surface area contributed by atoms with Gasteiger partial charge in [-0.25, -0.2) is 4.79 Å². The van der Waals surface area contributed by atoms with Crippen LogP contribution in [-0.2, 0) is 9.53 Å². The molecule has 1 aromatic rings. The van der Waals surface area contributed by atoms with Crippen LogP contribution in [0.25, 0.3) is 0 Å². The summed E-state index contributed by atoms with van der Waals surface area (Å²) in [7, 11) is 6.81. The summed E-state index contributed by atoms with van der Waals surface area (Å²) in [5, 5.41) is 22.0. The van der Waals surface area contributed by atoms with Crippen LogP contribution < -0.4 is 14.2 Å². The second kappa shape index (κ2) is 34.6. The molecule has 2 N–H and O–H groups in total. The Bertz CT molecular complexity index is 1060. The maximum absolute atomic E-state index is 13.1. The first kappa shape index (κ1) is 51.6. The molecule has 326 valence electrons. The standard InChI is InChI=1S/C46H84N2O8/c1-7-9-11-13-15-17-19-21-23-25-29-40(49)37-48(38-41(50)30-26-24-22-20-18-16-14-12-10-8-2)33-27-31-44(51)56-45-42(53-5)35-39(36-43(45)54-6)46(52)55-34-28-32-47(3)4/h35-36,40-41,49-50H,7-34,37-38H2,1-6H3. The van der Waals surface area contributed by atoms with Gasteiger partial charge in [0.25, 0.3) is 0 Å². The zero-order chi connectivity index (χ0) is 41.2. The maximum atomic E-state index is 13.1. The summed E-state index contributed by atoms with van der Waals surface area (Å²) >= 11 is 0. The average Bonchev–Trinajstić information content (AvgIpc) is 3.17. The van der Waals surface area contributed by atoms with Gasteiger partial charge in [0.05, 0.1) is 38.6 Å². The molecule has 0 aliphatic carbocycles. The number of aliphatic hydroxyl groups is 2. The van der Waals surface area contributed by atoms with Crippen LogP contribution in [0.1, 0.15) is 185 Å². The lowest BCUT2D eigenvalue weighted by atomic mass is 10.0. The number of unbranched alkanes of at least 4 members (excludes halogenated alkanes) is 18. The summed E-state index contributed by atoms with van der Waals surface area (Å²) in [4.78, 5) is 30.0. The summed E-state index contributed by atoms with van der Waals surface area (Å²) in [6.45, 7) is 7.06. The molecule has 1 rings (SSSR count). The molecule has 0 aliphatic heterocycles. The second-order valence-corrected chi connectivity index (χ2v) is 16.1. The van der Waals surface area contributed by atoms with Crippen molar-refractivity contribution in [2.75, 3.05) is 61.1 Å². The number of nitrogens with zero attached hydrogens (tertiary/aromatic N) is 2. The third kappa shape index (κ3) is 26.5. The molecule has 0 aliphatic rings. The Morgan fingerprint density at radius 2 is 1.04 bits per heavy atom. The van der Waals surface area contributed by atoms with Crippen molar-refractivity contribution in [2.24, 2.45) is 0 Å². The first-order valence-electron chi connectivity index (χ1n) is 22.5. The molecule has 0 spiro atoms. The van der Waals surface area contributed by atoms with E-state index in [9.17, 15) is 19.8 Å². The normalized spacial score (nSPS) is 12.6. The van der Waals surface area contributed by atoms with Crippen LogP contribution in [0.4, 0.5) is 0 Å². The van der Waals surface area contributed by atoms with E-state index in [0.717, 1.165) is 45.1 Å². The van der Waals surface area contributed by atoms with E-state index in [1.54, 1.807) is 0 Å². The summed E-state index contributed by atoms with van der Waals surface area (Å²) < 4.78 is 22.1. The van der Waals surface area contributed by atoms with Gasteiger partial charge in [0.2, 0.25) is 5.75 Å². The number of hydrogen-bond donors (Lipinski definition) is 2. The first-order chi connectivity index (χ1) is 27.1. The third-order valence-corrected chi connectivity index (χ3v) is 10.5. The average molecular weight is 793 g/mol. The van der Waals surface area contributed by atoms with Crippen LogP contribution in [-0.4, -0.2) is 105 Å². The fourth-order valence-corrected chi connectivity index (χ4v) is 7.11. The van der Waals surface area contributed by atoms with Crippen LogP contribution in [0.2, 0.25) is 0 Å². The van der Waals surface area contributed by atoms with Gasteiger partial charge in [0, 0.05) is 26.1 Å². The molecule has 0 radical (unpaired) electrons. The Balaban J connectivity index is 2.69. The maximum Gasteiger partial charge on any atom is 0.338 e. The number of carbonyl (C=O) groups excluding carboxylic acids is 2. The minimum Gasteiger partial charge on any atom is -0.493 e. The van der Waals surface area contributed by atoms with Gasteiger partial charge in [-0.2, -0.15) is 0 Å². The molecular formula is C46H84N2O8. The van der Waals surface area contributed by atoms with Crippen molar-refractivity contribution in [1.82, 2.24) is 9.80 Å². The molecule has 0 amide bonds. The largest absolute Gasteiger partial charge is 0.493 e. The molecule has 2 atom stereocenters. The first-order valence-corrected chi connectivity index (χ1v) is 22.5. The van der Waals surface area contributed by atoms with E-state index in [-0.39, 0.29) is 35.8 Å². The van der Waals surface area contributed by atoms with E-state index in [2.05, 4.69) is 18.7 Å². The summed E-state index contributed by atoms with van der Waals surface area (Å²) in [6.07, 6.45) is 26.9. The molecule has 0 saturated heterocycles. The molecule has 2 unspecified atom stereocenters. The van der Waals surface area contributed by atoms with Crippen LogP contribution in [0, 0.1) is 0 Å². The van der Waals surface area contributed by atoms with Crippen molar-refractivity contribution in [2.45, 2.75) is 187 Å². The molecule has 0 aromatic heterocycles. The molecule has 56 heavy (non-hydrogen) atoms. The number of hydrogen-bond acceptors (Lipinski definition) is 10. The number of methoxy groups -OCH3 is 2. The minimum atomic E-state index is -0.510. The van der Waals surface area contributed by atoms with Crippen molar-refractivity contribution in [1.29, 1.82) is 0 Å². The van der Waals surface area contributed by atoms with Crippen molar-refractivity contribution >= 4 is 11.9 Å². The number of rotatable bonds is 38. The quantitative estimate of drug-likeness (QED) is 0.0381. The van der Waals surface area contributed by atoms with Gasteiger partial charge < -0.3 is 34.1 Å². The number of esters is 2. The minimum absolute atomic E-state index is 0.111. The zero-order valence-electron chi connectivity index (χ0n) is 36.8. The van der Waals surface area contributed by atoms with E-state index >= 15 is 0 Å².